The number of halogens is 1. The average molecular weight is 403 g/mol. The Bertz CT molecular complexity index is 778. The molecule has 2 aromatic carbocycles. The smallest absolute Gasteiger partial charge is 0.275 e. The number of carbonyl (C=O) groups is 1. The second-order valence-electron chi connectivity index (χ2n) is 7.19. The molecule has 1 aliphatic rings. The summed E-state index contributed by atoms with van der Waals surface area (Å²) in [6.07, 6.45) is 0. The number of thioether (sulfide) groups is 1. The van der Waals surface area contributed by atoms with Crippen LogP contribution in [0.3, 0.4) is 0 Å². The Morgan fingerprint density at radius 2 is 1.86 bits per heavy atom. The number of aryl methyl sites for hydroxylation is 1. The fraction of sp³-hybridized carbons (Fsp3) is 0.409. The number of piperazine rings is 1. The summed E-state index contributed by atoms with van der Waals surface area (Å²) in [6.45, 7) is 7.21. The van der Waals surface area contributed by atoms with Gasteiger partial charge in [-0.15, -0.1) is 0 Å². The Labute approximate surface area is 171 Å². The lowest BCUT2D eigenvalue weighted by molar-refractivity contribution is -0.892. The predicted octanol–water partition coefficient (Wildman–Crippen LogP) is 1.89. The number of anilines is 1. The Morgan fingerprint density at radius 3 is 2.61 bits per heavy atom. The van der Waals surface area contributed by atoms with Crippen LogP contribution in [0.5, 0.6) is 0 Å². The number of hydrogen-bond donors (Lipinski definition) is 2. The lowest BCUT2D eigenvalue weighted by atomic mass is 10.1. The Balaban J connectivity index is 1.30. The van der Waals surface area contributed by atoms with Gasteiger partial charge in [0.2, 0.25) is 0 Å². The van der Waals surface area contributed by atoms with E-state index >= 15 is 0 Å². The van der Waals surface area contributed by atoms with Crippen LogP contribution in [0.2, 0.25) is 0 Å². The minimum Gasteiger partial charge on any atom is -0.360 e. The molecule has 1 heterocycles. The molecule has 1 saturated heterocycles. The number of nitrogens with one attached hydrogen (secondary N) is 2. The number of quaternary nitrogens is 1. The summed E-state index contributed by atoms with van der Waals surface area (Å²) in [7, 11) is 0. The normalized spacial score (nSPS) is 14.9. The van der Waals surface area contributed by atoms with Crippen molar-refractivity contribution < 1.29 is 14.1 Å². The van der Waals surface area contributed by atoms with Gasteiger partial charge in [0.05, 0.1) is 26.2 Å². The van der Waals surface area contributed by atoms with E-state index in [1.807, 2.05) is 6.07 Å². The van der Waals surface area contributed by atoms with Gasteiger partial charge >= 0.3 is 0 Å². The molecule has 0 spiro atoms. The third kappa shape index (κ3) is 5.97. The zero-order valence-corrected chi connectivity index (χ0v) is 17.2. The number of para-hydroxylation sites is 1. The number of carbonyl (C=O) groups excluding carboxylic acids is 1. The lowest BCUT2D eigenvalue weighted by Gasteiger charge is -2.34. The fourth-order valence-electron chi connectivity index (χ4n) is 3.51. The molecule has 1 amide bonds. The first-order valence-electron chi connectivity index (χ1n) is 9.85. The molecule has 4 nitrogen and oxygen atoms in total. The minimum atomic E-state index is -0.160. The molecule has 0 radical (unpaired) electrons. The van der Waals surface area contributed by atoms with E-state index in [1.54, 1.807) is 23.9 Å². The van der Waals surface area contributed by atoms with E-state index in [2.05, 4.69) is 41.4 Å². The Kier molecular flexibility index (Phi) is 7.74. The van der Waals surface area contributed by atoms with Gasteiger partial charge in [0.15, 0.2) is 6.54 Å². The van der Waals surface area contributed by atoms with Crippen molar-refractivity contribution in [3.8, 4) is 0 Å². The van der Waals surface area contributed by atoms with Crippen molar-refractivity contribution in [1.29, 1.82) is 0 Å². The van der Waals surface area contributed by atoms with E-state index in [1.165, 1.54) is 22.2 Å². The minimum absolute atomic E-state index is 0.103. The maximum Gasteiger partial charge on any atom is 0.275 e. The van der Waals surface area contributed by atoms with Crippen LogP contribution < -0.4 is 15.1 Å². The van der Waals surface area contributed by atoms with E-state index in [0.717, 1.165) is 37.5 Å². The van der Waals surface area contributed by atoms with E-state index in [4.69, 9.17) is 0 Å². The van der Waals surface area contributed by atoms with Gasteiger partial charge in [0.25, 0.3) is 5.91 Å². The van der Waals surface area contributed by atoms with E-state index < -0.39 is 0 Å². The van der Waals surface area contributed by atoms with Gasteiger partial charge in [-0.2, -0.15) is 11.8 Å². The highest BCUT2D eigenvalue weighted by molar-refractivity contribution is 7.98. The van der Waals surface area contributed by atoms with Gasteiger partial charge in [0, 0.05) is 23.7 Å². The summed E-state index contributed by atoms with van der Waals surface area (Å²) >= 11 is 1.64. The molecule has 2 aromatic rings. The highest BCUT2D eigenvalue weighted by Gasteiger charge is 2.22. The zero-order valence-electron chi connectivity index (χ0n) is 16.4. The van der Waals surface area contributed by atoms with Gasteiger partial charge in [0.1, 0.15) is 5.82 Å². The highest BCUT2D eigenvalue weighted by Crippen LogP contribution is 2.18. The number of hydrogen-bond acceptors (Lipinski definition) is 3. The molecule has 0 aromatic heterocycles. The van der Waals surface area contributed by atoms with Gasteiger partial charge in [-0.1, -0.05) is 36.4 Å². The molecular weight excluding hydrogens is 373 g/mol. The van der Waals surface area contributed by atoms with Crippen molar-refractivity contribution in [2.45, 2.75) is 12.7 Å². The van der Waals surface area contributed by atoms with Crippen LogP contribution in [0.25, 0.3) is 0 Å². The zero-order chi connectivity index (χ0) is 19.8. The molecule has 1 aliphatic heterocycles. The van der Waals surface area contributed by atoms with Crippen LogP contribution in [0, 0.1) is 12.7 Å². The maximum atomic E-state index is 13.6. The molecule has 0 atom stereocenters. The summed E-state index contributed by atoms with van der Waals surface area (Å²) in [5, 5.41) is 2.99. The third-order valence-electron chi connectivity index (χ3n) is 5.12. The average Bonchev–Trinajstić information content (AvgIpc) is 2.70. The Hall–Kier alpha value is -2.05. The largest absolute Gasteiger partial charge is 0.360 e. The van der Waals surface area contributed by atoms with E-state index in [0.29, 0.717) is 18.8 Å². The molecule has 3 rings (SSSR count). The number of benzene rings is 2. The molecule has 0 unspecified atom stereocenters. The Morgan fingerprint density at radius 1 is 1.14 bits per heavy atom. The second kappa shape index (κ2) is 10.5. The number of rotatable bonds is 8. The van der Waals surface area contributed by atoms with Crippen molar-refractivity contribution in [3.63, 3.8) is 0 Å². The molecule has 28 heavy (non-hydrogen) atoms. The SMILES string of the molecule is Cc1ccccc1N1CC[NH+](CC(=O)NCCSCc2ccccc2F)CC1. The van der Waals surface area contributed by atoms with Crippen LogP contribution in [-0.2, 0) is 10.5 Å². The van der Waals surface area contributed by atoms with Crippen LogP contribution in [-0.4, -0.2) is 50.9 Å². The lowest BCUT2D eigenvalue weighted by Crippen LogP contribution is -3.16. The second-order valence-corrected chi connectivity index (χ2v) is 8.30. The van der Waals surface area contributed by atoms with Crippen LogP contribution in [0.4, 0.5) is 10.1 Å². The third-order valence-corrected chi connectivity index (χ3v) is 6.13. The van der Waals surface area contributed by atoms with Crippen molar-refractivity contribution >= 4 is 23.4 Å². The first-order chi connectivity index (χ1) is 13.6. The highest BCUT2D eigenvalue weighted by atomic mass is 32.2. The van der Waals surface area contributed by atoms with Crippen molar-refractivity contribution in [2.24, 2.45) is 0 Å². The first kappa shape index (κ1) is 20.7. The fourth-order valence-corrected chi connectivity index (χ4v) is 4.35. The van der Waals surface area contributed by atoms with Gasteiger partial charge < -0.3 is 15.1 Å². The number of nitrogens with zero attached hydrogens (tertiary/aromatic N) is 1. The van der Waals surface area contributed by atoms with Gasteiger partial charge in [-0.25, -0.2) is 4.39 Å². The van der Waals surface area contributed by atoms with Gasteiger partial charge in [-0.3, -0.25) is 4.79 Å². The quantitative estimate of drug-likeness (QED) is 0.662. The summed E-state index contributed by atoms with van der Waals surface area (Å²) in [5.74, 6) is 1.36. The maximum absolute atomic E-state index is 13.6. The summed E-state index contributed by atoms with van der Waals surface area (Å²) in [4.78, 5) is 15.9. The molecule has 0 aliphatic carbocycles. The molecular formula is C22H29FN3OS+. The van der Waals surface area contributed by atoms with Crippen LogP contribution in [0.1, 0.15) is 11.1 Å². The molecule has 1 fully saturated rings. The predicted molar refractivity (Wildman–Crippen MR) is 115 cm³/mol. The van der Waals surface area contributed by atoms with E-state index in [-0.39, 0.29) is 11.7 Å². The van der Waals surface area contributed by atoms with Crippen LogP contribution >= 0.6 is 11.8 Å². The van der Waals surface area contributed by atoms with Crippen molar-refractivity contribution in [2.75, 3.05) is 49.9 Å². The molecule has 6 heteroatoms. The summed E-state index contributed by atoms with van der Waals surface area (Å²) in [5.41, 5.74) is 3.32. The molecule has 150 valence electrons. The van der Waals surface area contributed by atoms with Crippen molar-refractivity contribution in [3.05, 3.63) is 65.5 Å². The summed E-state index contributed by atoms with van der Waals surface area (Å²) in [6, 6.07) is 15.3. The molecule has 0 bridgehead atoms. The standard InChI is InChI=1S/C22H28FN3OS/c1-18-6-2-5-9-21(18)26-13-11-25(12-14-26)16-22(27)24-10-15-28-17-19-7-3-4-8-20(19)23/h2-9H,10-17H2,1H3,(H,24,27)/p+1. The first-order valence-corrected chi connectivity index (χ1v) is 11.0. The van der Waals surface area contributed by atoms with Crippen molar-refractivity contribution in [1.82, 2.24) is 5.32 Å². The van der Waals surface area contributed by atoms with E-state index in [9.17, 15) is 9.18 Å². The molecule has 0 saturated carbocycles. The monoisotopic (exact) mass is 402 g/mol. The van der Waals surface area contributed by atoms with Crippen LogP contribution in [0.15, 0.2) is 48.5 Å². The number of amides is 1. The molecule has 2 N–H and O–H groups in total. The van der Waals surface area contributed by atoms with Gasteiger partial charge in [-0.05, 0) is 30.2 Å². The summed E-state index contributed by atoms with van der Waals surface area (Å²) < 4.78 is 13.6. The topological polar surface area (TPSA) is 36.8 Å².